The number of halogens is 2. The number of hydrogen-bond acceptors (Lipinski definition) is 2. The number of alkyl halides is 2. The van der Waals surface area contributed by atoms with Crippen LogP contribution in [0.3, 0.4) is 0 Å². The maximum absolute atomic E-state index is 12.5. The molecule has 0 heterocycles. The molecule has 1 N–H and O–H groups in total. The molecule has 15 heavy (non-hydrogen) atoms. The van der Waals surface area contributed by atoms with Crippen molar-refractivity contribution in [2.75, 3.05) is 0 Å². The van der Waals surface area contributed by atoms with Gasteiger partial charge in [0.25, 0.3) is 16.5 Å². The molecule has 0 aliphatic carbocycles. The maximum atomic E-state index is 12.5. The summed E-state index contributed by atoms with van der Waals surface area (Å²) in [5.41, 5.74) is -0.0606. The molecule has 0 atom stereocenters. The number of rotatable bonds is 3. The van der Waals surface area contributed by atoms with Crippen molar-refractivity contribution in [1.82, 2.24) is 0 Å². The van der Waals surface area contributed by atoms with E-state index in [4.69, 9.17) is 4.55 Å². The van der Waals surface area contributed by atoms with Crippen LogP contribution >= 0.6 is 0 Å². The summed E-state index contributed by atoms with van der Waals surface area (Å²) in [5.74, 6) is 0. The molecule has 0 fully saturated rings. The predicted octanol–water partition coefficient (Wildman–Crippen LogP) is 2.43. The monoisotopic (exact) mass is 236 g/mol. The fraction of sp³-hybridized carbons (Fsp3) is 0.333. The van der Waals surface area contributed by atoms with Gasteiger partial charge in [0.15, 0.2) is 0 Å². The van der Waals surface area contributed by atoms with E-state index in [1.165, 1.54) is 6.07 Å². The van der Waals surface area contributed by atoms with Crippen LogP contribution in [-0.2, 0) is 16.5 Å². The van der Waals surface area contributed by atoms with Gasteiger partial charge in [0.05, 0.1) is 0 Å². The average Bonchev–Trinajstić information content (AvgIpc) is 2.15. The van der Waals surface area contributed by atoms with E-state index in [1.54, 1.807) is 6.92 Å². The zero-order valence-electron chi connectivity index (χ0n) is 7.94. The van der Waals surface area contributed by atoms with E-state index in [1.807, 2.05) is 0 Å². The first kappa shape index (κ1) is 12.1. The molecule has 0 amide bonds. The lowest BCUT2D eigenvalue weighted by atomic mass is 10.1. The minimum atomic E-state index is -4.58. The van der Waals surface area contributed by atoms with Crippen LogP contribution < -0.4 is 0 Å². The average molecular weight is 236 g/mol. The summed E-state index contributed by atoms with van der Waals surface area (Å²) >= 11 is 0. The van der Waals surface area contributed by atoms with Crippen molar-refractivity contribution >= 4 is 10.1 Å². The minimum absolute atomic E-state index is 0.519. The van der Waals surface area contributed by atoms with Gasteiger partial charge < -0.3 is 0 Å². The molecule has 1 aromatic rings. The zero-order chi connectivity index (χ0) is 11.6. The molecule has 84 valence electrons. The molecule has 0 saturated heterocycles. The summed E-state index contributed by atoms with van der Waals surface area (Å²) in [6.45, 7) is 1.76. The largest absolute Gasteiger partial charge is 0.295 e. The molecule has 0 unspecified atom stereocenters. The first-order valence-corrected chi connectivity index (χ1v) is 5.68. The van der Waals surface area contributed by atoms with E-state index in [0.717, 1.165) is 12.1 Å². The van der Waals surface area contributed by atoms with E-state index < -0.39 is 27.0 Å². The van der Waals surface area contributed by atoms with Gasteiger partial charge in [-0.2, -0.15) is 8.42 Å². The second-order valence-corrected chi connectivity index (χ2v) is 4.39. The summed E-state index contributed by atoms with van der Waals surface area (Å²) in [6, 6.07) is 3.48. The number of aryl methyl sites for hydroxylation is 1. The smallest absolute Gasteiger partial charge is 0.282 e. The second kappa shape index (κ2) is 4.24. The van der Waals surface area contributed by atoms with Crippen LogP contribution in [0, 0.1) is 0 Å². The van der Waals surface area contributed by atoms with Gasteiger partial charge in [0.1, 0.15) is 4.90 Å². The Morgan fingerprint density at radius 1 is 1.40 bits per heavy atom. The van der Waals surface area contributed by atoms with E-state index in [0.29, 0.717) is 12.0 Å². The third-order valence-corrected chi connectivity index (χ3v) is 2.92. The Balaban J connectivity index is 3.41. The normalized spacial score (nSPS) is 12.1. The highest BCUT2D eigenvalue weighted by Crippen LogP contribution is 2.27. The first-order valence-electron chi connectivity index (χ1n) is 4.24. The van der Waals surface area contributed by atoms with Gasteiger partial charge in [-0.25, -0.2) is 8.78 Å². The summed E-state index contributed by atoms with van der Waals surface area (Å²) in [4.78, 5) is -0.727. The van der Waals surface area contributed by atoms with E-state index in [2.05, 4.69) is 0 Å². The molecular formula is C9H10F2O3S. The summed E-state index contributed by atoms with van der Waals surface area (Å²) in [6.07, 6.45) is -2.40. The van der Waals surface area contributed by atoms with Crippen molar-refractivity contribution in [3.8, 4) is 0 Å². The Hall–Kier alpha value is -1.01. The number of benzene rings is 1. The van der Waals surface area contributed by atoms with Crippen LogP contribution in [0.4, 0.5) is 8.78 Å². The van der Waals surface area contributed by atoms with Gasteiger partial charge in [-0.3, -0.25) is 4.55 Å². The molecule has 0 radical (unpaired) electrons. The Labute approximate surface area is 86.5 Å². The third kappa shape index (κ3) is 2.73. The summed E-state index contributed by atoms with van der Waals surface area (Å²) < 4.78 is 55.3. The van der Waals surface area contributed by atoms with Crippen molar-refractivity contribution in [2.45, 2.75) is 24.7 Å². The molecule has 1 aromatic carbocycles. The predicted molar refractivity (Wildman–Crippen MR) is 50.6 cm³/mol. The molecule has 0 aliphatic rings. The highest BCUT2D eigenvalue weighted by atomic mass is 32.2. The molecular weight excluding hydrogens is 226 g/mol. The Morgan fingerprint density at radius 3 is 2.40 bits per heavy atom. The molecule has 0 aliphatic heterocycles. The summed E-state index contributed by atoms with van der Waals surface area (Å²) in [7, 11) is -4.58. The second-order valence-electron chi connectivity index (χ2n) is 3.00. The molecule has 0 saturated carbocycles. The minimum Gasteiger partial charge on any atom is -0.282 e. The fourth-order valence-electron chi connectivity index (χ4n) is 1.22. The standard InChI is InChI=1S/C9H10F2O3S/c1-2-6-3-4-8(15(12,13)14)7(5-6)9(10)11/h3-5,9H,2H2,1H3,(H,12,13,14). The van der Waals surface area contributed by atoms with Crippen molar-refractivity contribution in [2.24, 2.45) is 0 Å². The molecule has 0 bridgehead atoms. The highest BCUT2D eigenvalue weighted by molar-refractivity contribution is 7.85. The van der Waals surface area contributed by atoms with Crippen molar-refractivity contribution in [1.29, 1.82) is 0 Å². The Bertz CT molecular complexity index is 454. The lowest BCUT2D eigenvalue weighted by Gasteiger charge is -2.07. The van der Waals surface area contributed by atoms with Crippen LogP contribution in [0.2, 0.25) is 0 Å². The van der Waals surface area contributed by atoms with E-state index >= 15 is 0 Å². The van der Waals surface area contributed by atoms with Gasteiger partial charge in [-0.1, -0.05) is 13.0 Å². The zero-order valence-corrected chi connectivity index (χ0v) is 8.76. The molecule has 6 heteroatoms. The van der Waals surface area contributed by atoms with Gasteiger partial charge in [0, 0.05) is 5.56 Å². The van der Waals surface area contributed by atoms with Crippen molar-refractivity contribution < 1.29 is 21.8 Å². The first-order chi connectivity index (χ1) is 6.86. The van der Waals surface area contributed by atoms with Gasteiger partial charge in [0.2, 0.25) is 0 Å². The lowest BCUT2D eigenvalue weighted by molar-refractivity contribution is 0.147. The quantitative estimate of drug-likeness (QED) is 0.820. The maximum Gasteiger partial charge on any atom is 0.295 e. The molecule has 1 rings (SSSR count). The number of hydrogen-bond donors (Lipinski definition) is 1. The van der Waals surface area contributed by atoms with Gasteiger partial charge in [-0.15, -0.1) is 0 Å². The summed E-state index contributed by atoms with van der Waals surface area (Å²) in [5, 5.41) is 0. The van der Waals surface area contributed by atoms with Crippen LogP contribution in [0.1, 0.15) is 24.5 Å². The van der Waals surface area contributed by atoms with Crippen LogP contribution in [0.5, 0.6) is 0 Å². The van der Waals surface area contributed by atoms with Gasteiger partial charge in [-0.05, 0) is 24.1 Å². The topological polar surface area (TPSA) is 54.4 Å². The third-order valence-electron chi connectivity index (χ3n) is 2.00. The van der Waals surface area contributed by atoms with Crippen molar-refractivity contribution in [3.05, 3.63) is 29.3 Å². The molecule has 3 nitrogen and oxygen atoms in total. The van der Waals surface area contributed by atoms with Crippen molar-refractivity contribution in [3.63, 3.8) is 0 Å². The van der Waals surface area contributed by atoms with Crippen LogP contribution in [0.15, 0.2) is 23.1 Å². The fourth-order valence-corrected chi connectivity index (χ4v) is 1.91. The van der Waals surface area contributed by atoms with Gasteiger partial charge >= 0.3 is 0 Å². The van der Waals surface area contributed by atoms with Crippen LogP contribution in [0.25, 0.3) is 0 Å². The SMILES string of the molecule is CCc1ccc(S(=O)(=O)O)c(C(F)F)c1. The molecule has 0 aromatic heterocycles. The lowest BCUT2D eigenvalue weighted by Crippen LogP contribution is -2.04. The van der Waals surface area contributed by atoms with Crippen LogP contribution in [-0.4, -0.2) is 13.0 Å². The highest BCUT2D eigenvalue weighted by Gasteiger charge is 2.21. The Kier molecular flexibility index (Phi) is 3.41. The molecule has 0 spiro atoms. The van der Waals surface area contributed by atoms with E-state index in [-0.39, 0.29) is 0 Å². The van der Waals surface area contributed by atoms with E-state index in [9.17, 15) is 17.2 Å². The Morgan fingerprint density at radius 2 is 2.00 bits per heavy atom.